The number of aromatic nitrogens is 1. The van der Waals surface area contributed by atoms with Crippen LogP contribution < -0.4 is 4.90 Å². The molecule has 2 rings (SSSR count). The van der Waals surface area contributed by atoms with Gasteiger partial charge in [0, 0.05) is 13.5 Å². The first-order chi connectivity index (χ1) is 8.13. The Morgan fingerprint density at radius 3 is 3.00 bits per heavy atom. The molecule has 0 spiro atoms. The maximum absolute atomic E-state index is 11.4. The molecule has 1 aliphatic heterocycles. The molecule has 0 bridgehead atoms. The number of ketones is 1. The van der Waals surface area contributed by atoms with Crippen LogP contribution in [0, 0.1) is 6.92 Å². The first-order valence-corrected chi connectivity index (χ1v) is 6.78. The number of carbonyl (C=O) groups excluding carboxylic acids is 1. The summed E-state index contributed by atoms with van der Waals surface area (Å²) in [6.07, 6.45) is 1.04. The fraction of sp³-hybridized carbons (Fsp3) is 0.667. The van der Waals surface area contributed by atoms with E-state index >= 15 is 0 Å². The zero-order chi connectivity index (χ0) is 12.4. The number of morpholine rings is 1. The van der Waals surface area contributed by atoms with Crippen LogP contribution in [-0.2, 0) is 4.74 Å². The van der Waals surface area contributed by atoms with Gasteiger partial charge in [0.15, 0.2) is 10.9 Å². The maximum atomic E-state index is 11.4. The van der Waals surface area contributed by atoms with Gasteiger partial charge in [0.1, 0.15) is 0 Å². The third-order valence-electron chi connectivity index (χ3n) is 3.05. The van der Waals surface area contributed by atoms with Crippen LogP contribution in [0.5, 0.6) is 0 Å². The number of rotatable bonds is 3. The zero-order valence-electron chi connectivity index (χ0n) is 10.5. The lowest BCUT2D eigenvalue weighted by atomic mass is 10.2. The van der Waals surface area contributed by atoms with Crippen molar-refractivity contribution in [2.75, 3.05) is 24.7 Å². The summed E-state index contributed by atoms with van der Waals surface area (Å²) in [5, 5.41) is 0.961. The van der Waals surface area contributed by atoms with E-state index in [1.165, 1.54) is 11.3 Å². The average Bonchev–Trinajstić information content (AvgIpc) is 2.71. The van der Waals surface area contributed by atoms with Crippen LogP contribution in [-0.4, -0.2) is 36.6 Å². The summed E-state index contributed by atoms with van der Waals surface area (Å²) >= 11 is 1.50. The van der Waals surface area contributed by atoms with Gasteiger partial charge in [-0.25, -0.2) is 4.98 Å². The van der Waals surface area contributed by atoms with Gasteiger partial charge in [-0.15, -0.1) is 0 Å². The van der Waals surface area contributed by atoms with Gasteiger partial charge in [-0.2, -0.15) is 0 Å². The third kappa shape index (κ3) is 2.50. The molecule has 1 saturated heterocycles. The minimum Gasteiger partial charge on any atom is -0.377 e. The Morgan fingerprint density at radius 1 is 1.65 bits per heavy atom. The smallest absolute Gasteiger partial charge is 0.186 e. The van der Waals surface area contributed by atoms with E-state index in [9.17, 15) is 4.79 Å². The maximum Gasteiger partial charge on any atom is 0.186 e. The highest BCUT2D eigenvalue weighted by molar-refractivity contribution is 7.17. The van der Waals surface area contributed by atoms with Crippen molar-refractivity contribution in [1.29, 1.82) is 0 Å². The van der Waals surface area contributed by atoms with Crippen molar-refractivity contribution in [3.05, 3.63) is 10.6 Å². The molecule has 1 atom stereocenters. The van der Waals surface area contributed by atoms with Gasteiger partial charge in [0.25, 0.3) is 0 Å². The molecule has 1 aromatic heterocycles. The van der Waals surface area contributed by atoms with Crippen molar-refractivity contribution in [2.24, 2.45) is 0 Å². The number of anilines is 1. The van der Waals surface area contributed by atoms with E-state index in [0.717, 1.165) is 41.9 Å². The fourth-order valence-electron chi connectivity index (χ4n) is 2.08. The molecule has 2 heterocycles. The lowest BCUT2D eigenvalue weighted by Gasteiger charge is -2.34. The molecule has 0 aromatic carbocycles. The van der Waals surface area contributed by atoms with Gasteiger partial charge < -0.3 is 9.64 Å². The van der Waals surface area contributed by atoms with Crippen LogP contribution >= 0.6 is 11.3 Å². The van der Waals surface area contributed by atoms with Crippen LogP contribution in [0.15, 0.2) is 0 Å². The van der Waals surface area contributed by atoms with Gasteiger partial charge >= 0.3 is 0 Å². The standard InChI is InChI=1S/C12H18N2O2S/c1-4-10-7-16-6-5-14(10)12-13-8(2)11(17-12)9(3)15/h10H,4-7H2,1-3H3. The molecule has 1 unspecified atom stereocenters. The number of hydrogen-bond acceptors (Lipinski definition) is 5. The molecule has 4 nitrogen and oxygen atoms in total. The molecule has 0 N–H and O–H groups in total. The highest BCUT2D eigenvalue weighted by Crippen LogP contribution is 2.29. The monoisotopic (exact) mass is 254 g/mol. The van der Waals surface area contributed by atoms with Crippen molar-refractivity contribution < 1.29 is 9.53 Å². The van der Waals surface area contributed by atoms with E-state index in [4.69, 9.17) is 4.74 Å². The molecule has 0 saturated carbocycles. The highest BCUT2D eigenvalue weighted by atomic mass is 32.1. The van der Waals surface area contributed by atoms with E-state index in [2.05, 4.69) is 16.8 Å². The van der Waals surface area contributed by atoms with Gasteiger partial charge in [0.05, 0.1) is 29.8 Å². The Balaban J connectivity index is 2.26. The predicted molar refractivity (Wildman–Crippen MR) is 69.1 cm³/mol. The lowest BCUT2D eigenvalue weighted by molar-refractivity contribution is 0.0929. The average molecular weight is 254 g/mol. The second-order valence-corrected chi connectivity index (χ2v) is 5.28. The number of ether oxygens (including phenoxy) is 1. The predicted octanol–water partition coefficient (Wildman–Crippen LogP) is 2.27. The lowest BCUT2D eigenvalue weighted by Crippen LogP contribution is -2.45. The first kappa shape index (κ1) is 12.5. The second-order valence-electron chi connectivity index (χ2n) is 4.30. The summed E-state index contributed by atoms with van der Waals surface area (Å²) in [6, 6.07) is 0.383. The summed E-state index contributed by atoms with van der Waals surface area (Å²) in [5.74, 6) is 0.104. The molecule has 17 heavy (non-hydrogen) atoms. The van der Waals surface area contributed by atoms with E-state index in [1.54, 1.807) is 6.92 Å². The van der Waals surface area contributed by atoms with Crippen molar-refractivity contribution in [1.82, 2.24) is 4.98 Å². The number of Topliss-reactive ketones (excluding diaryl/α,β-unsaturated/α-hetero) is 1. The number of nitrogens with zero attached hydrogens (tertiary/aromatic N) is 2. The Kier molecular flexibility index (Phi) is 3.79. The van der Waals surface area contributed by atoms with E-state index in [0.29, 0.717) is 6.04 Å². The molecular weight excluding hydrogens is 236 g/mol. The van der Waals surface area contributed by atoms with Crippen LogP contribution in [0.4, 0.5) is 5.13 Å². The van der Waals surface area contributed by atoms with Crippen LogP contribution in [0.3, 0.4) is 0 Å². The summed E-state index contributed by atoms with van der Waals surface area (Å²) in [5.41, 5.74) is 0.846. The Hall–Kier alpha value is -0.940. The number of hydrogen-bond donors (Lipinski definition) is 0. The Bertz CT molecular complexity index is 417. The largest absolute Gasteiger partial charge is 0.377 e. The van der Waals surface area contributed by atoms with Gasteiger partial charge in [-0.05, 0) is 13.3 Å². The molecule has 1 aliphatic rings. The minimum atomic E-state index is 0.104. The van der Waals surface area contributed by atoms with Crippen molar-refractivity contribution >= 4 is 22.3 Å². The van der Waals surface area contributed by atoms with E-state index in [-0.39, 0.29) is 5.78 Å². The summed E-state index contributed by atoms with van der Waals surface area (Å²) in [7, 11) is 0. The van der Waals surface area contributed by atoms with Crippen LogP contribution in [0.1, 0.15) is 35.6 Å². The fourth-order valence-corrected chi connectivity index (χ4v) is 3.14. The van der Waals surface area contributed by atoms with Gasteiger partial charge in [0.2, 0.25) is 0 Å². The number of carbonyl (C=O) groups is 1. The summed E-state index contributed by atoms with van der Waals surface area (Å²) in [6.45, 7) is 8.01. The minimum absolute atomic E-state index is 0.104. The van der Waals surface area contributed by atoms with E-state index in [1.807, 2.05) is 6.92 Å². The highest BCUT2D eigenvalue weighted by Gasteiger charge is 2.25. The van der Waals surface area contributed by atoms with Crippen molar-refractivity contribution in [3.63, 3.8) is 0 Å². The summed E-state index contributed by atoms with van der Waals surface area (Å²) in [4.78, 5) is 19.0. The molecule has 0 aliphatic carbocycles. The Morgan fingerprint density at radius 2 is 2.41 bits per heavy atom. The zero-order valence-corrected chi connectivity index (χ0v) is 11.3. The van der Waals surface area contributed by atoms with E-state index < -0.39 is 0 Å². The van der Waals surface area contributed by atoms with Crippen molar-refractivity contribution in [2.45, 2.75) is 33.2 Å². The molecule has 0 radical (unpaired) electrons. The van der Waals surface area contributed by atoms with Gasteiger partial charge in [-0.1, -0.05) is 18.3 Å². The van der Waals surface area contributed by atoms with Crippen LogP contribution in [0.2, 0.25) is 0 Å². The first-order valence-electron chi connectivity index (χ1n) is 5.96. The van der Waals surface area contributed by atoms with Crippen molar-refractivity contribution in [3.8, 4) is 0 Å². The normalized spacial score (nSPS) is 20.6. The molecular formula is C12H18N2O2S. The SMILES string of the molecule is CCC1COCCN1c1nc(C)c(C(C)=O)s1. The topological polar surface area (TPSA) is 42.4 Å². The number of aryl methyl sites for hydroxylation is 1. The third-order valence-corrected chi connectivity index (χ3v) is 4.34. The molecule has 1 fully saturated rings. The quantitative estimate of drug-likeness (QED) is 0.776. The molecule has 1 aromatic rings. The second kappa shape index (κ2) is 5.14. The van der Waals surface area contributed by atoms with Crippen LogP contribution in [0.25, 0.3) is 0 Å². The van der Waals surface area contributed by atoms with Gasteiger partial charge in [-0.3, -0.25) is 4.79 Å². The number of thiazole rings is 1. The molecule has 94 valence electrons. The summed E-state index contributed by atoms with van der Waals surface area (Å²) < 4.78 is 5.48. The Labute approximate surface area is 106 Å². The molecule has 0 amide bonds. The molecule has 5 heteroatoms.